The van der Waals surface area contributed by atoms with Gasteiger partial charge < -0.3 is 24.1 Å². The highest BCUT2D eigenvalue weighted by atomic mass is 16.5. The van der Waals surface area contributed by atoms with Gasteiger partial charge in [0.1, 0.15) is 43.2 Å². The summed E-state index contributed by atoms with van der Waals surface area (Å²) in [4.78, 5) is 11.7. The number of hydrogen-bond acceptors (Lipinski definition) is 6. The maximum Gasteiger partial charge on any atom is 0.338 e. The molecule has 6 heteroatoms. The summed E-state index contributed by atoms with van der Waals surface area (Å²) in [5, 5.41) is 10.1. The first-order valence-corrected chi connectivity index (χ1v) is 10.7. The first-order chi connectivity index (χ1) is 15.1. The molecule has 0 bridgehead atoms. The number of benzene rings is 2. The topological polar surface area (TPSA) is 74.2 Å². The maximum absolute atomic E-state index is 11.7. The molecule has 1 N–H and O–H groups in total. The predicted molar refractivity (Wildman–Crippen MR) is 120 cm³/mol. The van der Waals surface area contributed by atoms with Gasteiger partial charge in [-0.05, 0) is 55.0 Å². The van der Waals surface area contributed by atoms with Crippen molar-refractivity contribution in [2.45, 2.75) is 38.7 Å². The summed E-state index contributed by atoms with van der Waals surface area (Å²) in [5.74, 6) is 1.58. The van der Waals surface area contributed by atoms with Gasteiger partial charge in [-0.15, -0.1) is 0 Å². The van der Waals surface area contributed by atoms with Crippen molar-refractivity contribution in [3.05, 3.63) is 66.7 Å². The molecule has 31 heavy (non-hydrogen) atoms. The summed E-state index contributed by atoms with van der Waals surface area (Å²) in [6, 6.07) is 13.9. The standard InChI is InChI=1S/C25H32O6/c1-3-5-6-7-17-28-22-12-14-24(15-13-22)31-19-21(26)18-30-23-10-8-20(9-11-23)25(27)29-16-4-2/h4,8-15,21,26H,2-3,5-7,16-19H2,1H3. The van der Waals surface area contributed by atoms with Crippen molar-refractivity contribution in [1.82, 2.24) is 0 Å². The molecule has 1 unspecified atom stereocenters. The number of carbonyl (C=O) groups is 1. The van der Waals surface area contributed by atoms with Gasteiger partial charge in [0.2, 0.25) is 0 Å². The number of hydrogen-bond donors (Lipinski definition) is 1. The Balaban J connectivity index is 1.66. The lowest BCUT2D eigenvalue weighted by atomic mass is 10.2. The second-order valence-corrected chi connectivity index (χ2v) is 7.07. The fourth-order valence-electron chi connectivity index (χ4n) is 2.69. The van der Waals surface area contributed by atoms with Gasteiger partial charge in [0.25, 0.3) is 0 Å². The van der Waals surface area contributed by atoms with Crippen molar-refractivity contribution < 1.29 is 28.8 Å². The molecule has 0 aliphatic rings. The highest BCUT2D eigenvalue weighted by Gasteiger charge is 2.09. The van der Waals surface area contributed by atoms with E-state index in [0.29, 0.717) is 23.7 Å². The van der Waals surface area contributed by atoms with Gasteiger partial charge >= 0.3 is 5.97 Å². The molecule has 2 aromatic carbocycles. The van der Waals surface area contributed by atoms with Crippen LogP contribution in [0.3, 0.4) is 0 Å². The number of esters is 1. The number of unbranched alkanes of at least 4 members (excludes halogenated alkanes) is 3. The molecule has 0 aliphatic heterocycles. The summed E-state index contributed by atoms with van der Waals surface area (Å²) in [7, 11) is 0. The number of aliphatic hydroxyl groups is 1. The normalized spacial score (nSPS) is 11.4. The highest BCUT2D eigenvalue weighted by molar-refractivity contribution is 5.89. The lowest BCUT2D eigenvalue weighted by molar-refractivity contribution is 0.0548. The number of aliphatic hydroxyl groups excluding tert-OH is 1. The largest absolute Gasteiger partial charge is 0.494 e. The zero-order chi connectivity index (χ0) is 22.3. The Hall–Kier alpha value is -2.99. The van der Waals surface area contributed by atoms with Crippen molar-refractivity contribution in [3.63, 3.8) is 0 Å². The minimum Gasteiger partial charge on any atom is -0.494 e. The summed E-state index contributed by atoms with van der Waals surface area (Å²) in [6.07, 6.45) is 5.40. The lowest BCUT2D eigenvalue weighted by Crippen LogP contribution is -2.25. The van der Waals surface area contributed by atoms with Gasteiger partial charge in [-0.1, -0.05) is 38.8 Å². The molecule has 0 radical (unpaired) electrons. The van der Waals surface area contributed by atoms with E-state index >= 15 is 0 Å². The molecule has 0 spiro atoms. The van der Waals surface area contributed by atoms with Crippen LogP contribution in [0.15, 0.2) is 61.2 Å². The van der Waals surface area contributed by atoms with Gasteiger partial charge in [-0.25, -0.2) is 4.79 Å². The molecule has 0 saturated carbocycles. The van der Waals surface area contributed by atoms with Crippen molar-refractivity contribution in [3.8, 4) is 17.2 Å². The molecule has 1 atom stereocenters. The molecular formula is C25H32O6. The molecule has 0 aliphatic carbocycles. The zero-order valence-electron chi connectivity index (χ0n) is 18.1. The Morgan fingerprint density at radius 3 is 2.00 bits per heavy atom. The Morgan fingerprint density at radius 2 is 1.45 bits per heavy atom. The monoisotopic (exact) mass is 428 g/mol. The Morgan fingerprint density at radius 1 is 0.903 bits per heavy atom. The van der Waals surface area contributed by atoms with Crippen LogP contribution in [0.5, 0.6) is 17.2 Å². The molecule has 0 aromatic heterocycles. The molecule has 0 amide bonds. The molecular weight excluding hydrogens is 396 g/mol. The van der Waals surface area contributed by atoms with Crippen molar-refractivity contribution in [2.75, 3.05) is 26.4 Å². The third kappa shape index (κ3) is 9.57. The fourth-order valence-corrected chi connectivity index (χ4v) is 2.69. The minimum absolute atomic E-state index is 0.0687. The van der Waals surface area contributed by atoms with E-state index in [2.05, 4.69) is 13.5 Å². The quantitative estimate of drug-likeness (QED) is 0.249. The van der Waals surface area contributed by atoms with Gasteiger partial charge in [0.15, 0.2) is 0 Å². The number of ether oxygens (including phenoxy) is 4. The van der Waals surface area contributed by atoms with Crippen LogP contribution in [0.4, 0.5) is 0 Å². The average molecular weight is 429 g/mol. The summed E-state index contributed by atoms with van der Waals surface area (Å²) in [6.45, 7) is 6.74. The molecule has 0 heterocycles. The molecule has 0 fully saturated rings. The van der Waals surface area contributed by atoms with Gasteiger partial charge in [0, 0.05) is 0 Å². The van der Waals surface area contributed by atoms with Crippen LogP contribution in [-0.2, 0) is 4.74 Å². The fraction of sp³-hybridized carbons (Fsp3) is 0.400. The van der Waals surface area contributed by atoms with Crippen LogP contribution >= 0.6 is 0 Å². The molecule has 168 valence electrons. The molecule has 0 saturated heterocycles. The van der Waals surface area contributed by atoms with Crippen molar-refractivity contribution in [1.29, 1.82) is 0 Å². The summed E-state index contributed by atoms with van der Waals surface area (Å²) in [5.41, 5.74) is 0.423. The average Bonchev–Trinajstić information content (AvgIpc) is 2.80. The zero-order valence-corrected chi connectivity index (χ0v) is 18.1. The molecule has 2 aromatic rings. The van der Waals surface area contributed by atoms with Gasteiger partial charge in [-0.2, -0.15) is 0 Å². The van der Waals surface area contributed by atoms with Crippen molar-refractivity contribution in [2.24, 2.45) is 0 Å². The van der Waals surface area contributed by atoms with Crippen molar-refractivity contribution >= 4 is 5.97 Å². The second-order valence-electron chi connectivity index (χ2n) is 7.07. The van der Waals surface area contributed by atoms with Crippen LogP contribution < -0.4 is 14.2 Å². The maximum atomic E-state index is 11.7. The van der Waals surface area contributed by atoms with Crippen LogP contribution in [-0.4, -0.2) is 43.6 Å². The molecule has 6 nitrogen and oxygen atoms in total. The van der Waals surface area contributed by atoms with Crippen LogP contribution in [0.2, 0.25) is 0 Å². The summed E-state index contributed by atoms with van der Waals surface area (Å²) < 4.78 is 21.8. The van der Waals surface area contributed by atoms with E-state index in [-0.39, 0.29) is 19.8 Å². The number of carbonyl (C=O) groups excluding carboxylic acids is 1. The highest BCUT2D eigenvalue weighted by Crippen LogP contribution is 2.18. The van der Waals surface area contributed by atoms with Crippen LogP contribution in [0.25, 0.3) is 0 Å². The Labute approximate surface area is 184 Å². The smallest absolute Gasteiger partial charge is 0.338 e. The first kappa shape index (κ1) is 24.3. The third-order valence-electron chi connectivity index (χ3n) is 4.40. The van der Waals surface area contributed by atoms with Crippen LogP contribution in [0, 0.1) is 0 Å². The van der Waals surface area contributed by atoms with E-state index in [1.807, 2.05) is 24.3 Å². The number of rotatable bonds is 15. The predicted octanol–water partition coefficient (Wildman–Crippen LogP) is 4.81. The first-order valence-electron chi connectivity index (χ1n) is 10.7. The third-order valence-corrected chi connectivity index (χ3v) is 4.40. The molecule has 2 rings (SSSR count). The van der Waals surface area contributed by atoms with E-state index in [0.717, 1.165) is 12.2 Å². The van der Waals surface area contributed by atoms with E-state index in [9.17, 15) is 9.90 Å². The van der Waals surface area contributed by atoms with Crippen LogP contribution in [0.1, 0.15) is 43.0 Å². The van der Waals surface area contributed by atoms with Gasteiger partial charge in [0.05, 0.1) is 12.2 Å². The Bertz CT molecular complexity index is 770. The second kappa shape index (κ2) is 14.1. The van der Waals surface area contributed by atoms with E-state index in [1.165, 1.54) is 25.3 Å². The van der Waals surface area contributed by atoms with E-state index in [4.69, 9.17) is 18.9 Å². The van der Waals surface area contributed by atoms with Gasteiger partial charge in [-0.3, -0.25) is 0 Å². The lowest BCUT2D eigenvalue weighted by Gasteiger charge is -2.14. The van der Waals surface area contributed by atoms with E-state index < -0.39 is 12.1 Å². The van der Waals surface area contributed by atoms with E-state index in [1.54, 1.807) is 24.3 Å². The SMILES string of the molecule is C=CCOC(=O)c1ccc(OCC(O)COc2ccc(OCCCCCC)cc2)cc1. The Kier molecular flexibility index (Phi) is 11.0. The minimum atomic E-state index is -0.799. The summed E-state index contributed by atoms with van der Waals surface area (Å²) >= 11 is 0.